The summed E-state index contributed by atoms with van der Waals surface area (Å²) in [6, 6.07) is 12.8. The van der Waals surface area contributed by atoms with E-state index in [0.717, 1.165) is 26.1 Å². The molecule has 4 aromatic rings. The quantitative estimate of drug-likeness (QED) is 0.164. The summed E-state index contributed by atoms with van der Waals surface area (Å²) < 4.78 is 2.57. The highest BCUT2D eigenvalue weighted by molar-refractivity contribution is 7.22. The van der Waals surface area contributed by atoms with Gasteiger partial charge in [0, 0.05) is 47.3 Å². The third-order valence-electron chi connectivity index (χ3n) is 11.9. The van der Waals surface area contributed by atoms with Crippen molar-refractivity contribution in [1.29, 1.82) is 0 Å². The predicted octanol–water partition coefficient (Wildman–Crippen LogP) is 6.37. The van der Waals surface area contributed by atoms with Crippen molar-refractivity contribution < 1.29 is 34.2 Å². The zero-order valence-corrected chi connectivity index (χ0v) is 30.6. The molecule has 2 aliphatic heterocycles. The largest absolute Gasteiger partial charge is 0.507 e. The number of likely N-dealkylation sites (tertiary alicyclic amines) is 1. The molecule has 52 heavy (non-hydrogen) atoms. The highest BCUT2D eigenvalue weighted by atomic mass is 35.5. The van der Waals surface area contributed by atoms with Gasteiger partial charge in [0.2, 0.25) is 23.6 Å². The van der Waals surface area contributed by atoms with Gasteiger partial charge in [-0.2, -0.15) is 5.10 Å². The van der Waals surface area contributed by atoms with Crippen LogP contribution in [0, 0.1) is 42.9 Å². The molecule has 0 spiro atoms. The van der Waals surface area contributed by atoms with Crippen LogP contribution in [-0.2, 0) is 31.0 Å². The molecule has 4 amide bonds. The number of halogens is 1. The lowest BCUT2D eigenvalue weighted by Gasteiger charge is -2.49. The third kappa shape index (κ3) is 4.83. The van der Waals surface area contributed by atoms with Crippen LogP contribution in [0.3, 0.4) is 0 Å². The minimum Gasteiger partial charge on any atom is -0.507 e. The van der Waals surface area contributed by atoms with Crippen LogP contribution in [0.25, 0.3) is 20.7 Å². The van der Waals surface area contributed by atoms with Crippen LogP contribution in [0.1, 0.15) is 55.2 Å². The van der Waals surface area contributed by atoms with Crippen LogP contribution in [0.15, 0.2) is 54.1 Å². The Morgan fingerprint density at radius 3 is 2.58 bits per heavy atom. The predicted molar refractivity (Wildman–Crippen MR) is 195 cm³/mol. The van der Waals surface area contributed by atoms with Crippen molar-refractivity contribution >= 4 is 68.4 Å². The third-order valence-corrected chi connectivity index (χ3v) is 13.5. The topological polar surface area (TPSA) is 150 Å². The Morgan fingerprint density at radius 1 is 1.06 bits per heavy atom. The van der Waals surface area contributed by atoms with Gasteiger partial charge in [0.05, 0.1) is 28.0 Å². The number of para-hydroxylation sites is 1. The molecule has 0 bridgehead atoms. The van der Waals surface area contributed by atoms with Gasteiger partial charge in [-0.05, 0) is 80.7 Å². The number of rotatable bonds is 7. The number of aromatic nitrogens is 2. The first-order valence-electron chi connectivity index (χ1n) is 17.4. The molecule has 11 nitrogen and oxygen atoms in total. The monoisotopic (exact) mass is 740 g/mol. The molecule has 2 saturated heterocycles. The molecule has 4 heterocycles. The molecular formula is C39H37ClN4O7S. The van der Waals surface area contributed by atoms with Gasteiger partial charge in [-0.25, -0.2) is 4.90 Å². The number of phenols is 1. The Morgan fingerprint density at radius 2 is 1.83 bits per heavy atom. The summed E-state index contributed by atoms with van der Waals surface area (Å²) in [6.07, 6.45) is 2.33. The maximum Gasteiger partial charge on any atom is 0.303 e. The molecule has 268 valence electrons. The average Bonchev–Trinajstić information content (AvgIpc) is 3.77. The van der Waals surface area contributed by atoms with Crippen molar-refractivity contribution in [2.75, 3.05) is 11.4 Å². The van der Waals surface area contributed by atoms with E-state index in [2.05, 4.69) is 0 Å². The molecule has 2 aliphatic carbocycles. The van der Waals surface area contributed by atoms with Gasteiger partial charge in [-0.15, -0.1) is 11.3 Å². The first-order chi connectivity index (χ1) is 24.7. The zero-order chi connectivity index (χ0) is 37.0. The number of aromatic hydroxyl groups is 1. The van der Waals surface area contributed by atoms with Gasteiger partial charge >= 0.3 is 5.97 Å². The Labute approximate surface area is 308 Å². The van der Waals surface area contributed by atoms with Gasteiger partial charge in [0.15, 0.2) is 0 Å². The smallest absolute Gasteiger partial charge is 0.303 e. The van der Waals surface area contributed by atoms with Crippen molar-refractivity contribution in [3.05, 3.63) is 75.8 Å². The standard InChI is InChI=1S/C39H37ClN4O7S/c1-18-7-5-8-23(33(18)47)32-21-11-12-22-31(37(50)43(35(22)48)14-6-9-30(45)46)25(21)16-26-36(49)44(38(51)39(26,32)3)29-17-27(41-42(29)4)34-19(2)24-15-20(40)10-13-28(24)52-34/h5,7-8,10-11,13,15,17,22,25-26,31-32,47H,6,9,12,14,16H2,1-4H3,(H,45,46)/t22-,25+,26-,31-,32+,39+/m0/s1. The number of thiophene rings is 1. The van der Waals surface area contributed by atoms with Crippen molar-refractivity contribution in [3.8, 4) is 16.3 Å². The number of carbonyl (C=O) groups excluding carboxylic acids is 4. The average molecular weight is 741 g/mol. The maximum atomic E-state index is 15.0. The van der Waals surface area contributed by atoms with E-state index < -0.39 is 52.8 Å². The van der Waals surface area contributed by atoms with Crippen LogP contribution in [-0.4, -0.2) is 61.0 Å². The number of carbonyl (C=O) groups is 5. The zero-order valence-electron chi connectivity index (χ0n) is 29.1. The second kappa shape index (κ2) is 12.1. The molecule has 0 unspecified atom stereocenters. The molecule has 1 saturated carbocycles. The molecule has 2 aromatic heterocycles. The van der Waals surface area contributed by atoms with Gasteiger partial charge in [0.1, 0.15) is 17.3 Å². The van der Waals surface area contributed by atoms with Crippen LogP contribution in [0.5, 0.6) is 5.75 Å². The fourth-order valence-electron chi connectivity index (χ4n) is 9.38. The maximum absolute atomic E-state index is 15.0. The molecule has 6 atom stereocenters. The number of allylic oxidation sites excluding steroid dienone is 2. The van der Waals surface area contributed by atoms with Crippen molar-refractivity contribution in [2.45, 2.75) is 52.4 Å². The first kappa shape index (κ1) is 34.3. The number of aliphatic carboxylic acids is 1. The number of amides is 4. The lowest BCUT2D eigenvalue weighted by Crippen LogP contribution is -2.49. The summed E-state index contributed by atoms with van der Waals surface area (Å²) in [5, 5.41) is 27.1. The number of anilines is 1. The van der Waals surface area contributed by atoms with Gasteiger partial charge in [-0.3, -0.25) is 33.6 Å². The first-order valence-corrected chi connectivity index (χ1v) is 18.6. The van der Waals surface area contributed by atoms with Gasteiger partial charge < -0.3 is 10.2 Å². The van der Waals surface area contributed by atoms with E-state index in [9.17, 15) is 24.3 Å². The number of aryl methyl sites for hydroxylation is 3. The number of carboxylic acids is 1. The number of hydrogen-bond acceptors (Lipinski definition) is 8. The van der Waals surface area contributed by atoms with Crippen LogP contribution >= 0.6 is 22.9 Å². The molecular weight excluding hydrogens is 704 g/mol. The van der Waals surface area contributed by atoms with E-state index >= 15 is 4.79 Å². The number of benzene rings is 2. The lowest BCUT2D eigenvalue weighted by molar-refractivity contribution is -0.142. The van der Waals surface area contributed by atoms with E-state index in [1.165, 1.54) is 14.5 Å². The van der Waals surface area contributed by atoms with Crippen molar-refractivity contribution in [3.63, 3.8) is 0 Å². The number of phenolic OH excluding ortho intramolecular Hbond substituents is 1. The Kier molecular flexibility index (Phi) is 8.00. The number of hydrogen-bond donors (Lipinski definition) is 2. The highest BCUT2D eigenvalue weighted by Gasteiger charge is 2.68. The lowest BCUT2D eigenvalue weighted by atomic mass is 9.51. The van der Waals surface area contributed by atoms with Crippen molar-refractivity contribution in [2.24, 2.45) is 36.1 Å². The Bertz CT molecular complexity index is 2290. The Balaban J connectivity index is 1.22. The number of nitrogens with zero attached hydrogens (tertiary/aromatic N) is 4. The number of carboxylic acid groups (broad SMARTS) is 1. The van der Waals surface area contributed by atoms with Crippen LogP contribution < -0.4 is 4.90 Å². The van der Waals surface area contributed by atoms with E-state index in [-0.39, 0.29) is 49.8 Å². The summed E-state index contributed by atoms with van der Waals surface area (Å²) in [4.78, 5) is 71.9. The molecule has 8 rings (SSSR count). The number of fused-ring (bicyclic) bond motifs is 5. The van der Waals surface area contributed by atoms with Crippen LogP contribution in [0.4, 0.5) is 5.82 Å². The fourth-order valence-corrected chi connectivity index (χ4v) is 10.7. The Hall–Kier alpha value is -4.81. The normalized spacial score (nSPS) is 26.9. The summed E-state index contributed by atoms with van der Waals surface area (Å²) in [7, 11) is 1.70. The molecule has 13 heteroatoms. The van der Waals surface area contributed by atoms with Crippen molar-refractivity contribution in [1.82, 2.24) is 14.7 Å². The van der Waals surface area contributed by atoms with E-state index in [1.807, 2.05) is 31.2 Å². The second-order valence-electron chi connectivity index (χ2n) is 14.7. The second-order valence-corrected chi connectivity index (χ2v) is 16.2. The van der Waals surface area contributed by atoms with E-state index in [4.69, 9.17) is 21.8 Å². The van der Waals surface area contributed by atoms with E-state index in [0.29, 0.717) is 27.7 Å². The minimum absolute atomic E-state index is 0.00257. The highest BCUT2D eigenvalue weighted by Crippen LogP contribution is 2.64. The fraction of sp³-hybridized carbons (Fsp3) is 0.385. The van der Waals surface area contributed by atoms with Crippen LogP contribution in [0.2, 0.25) is 5.02 Å². The summed E-state index contributed by atoms with van der Waals surface area (Å²) >= 11 is 7.85. The molecule has 2 aromatic carbocycles. The number of imide groups is 2. The minimum atomic E-state index is -1.33. The summed E-state index contributed by atoms with van der Waals surface area (Å²) in [5.74, 6) is -5.83. The van der Waals surface area contributed by atoms with Gasteiger partial charge in [0.25, 0.3) is 0 Å². The SMILES string of the molecule is Cc1cccc([C@H]2C3=CC[C@@H]4C(=O)N(CCCC(=O)O)C(=O)[C@@H]4[C@@H]3C[C@H]3C(=O)N(c4cc(-c5sc6ccc(Cl)cc6c5C)nn4C)C(=O)[C@@]23C)c1O. The summed E-state index contributed by atoms with van der Waals surface area (Å²) in [5.41, 5.74) is 2.13. The van der Waals surface area contributed by atoms with E-state index in [1.54, 1.807) is 56.5 Å². The molecule has 3 fully saturated rings. The van der Waals surface area contributed by atoms with Gasteiger partial charge in [-0.1, -0.05) is 41.4 Å². The molecule has 4 aliphatic rings. The summed E-state index contributed by atoms with van der Waals surface area (Å²) in [6.45, 7) is 5.55. The molecule has 2 N–H and O–H groups in total. The molecule has 0 radical (unpaired) electrons.